The number of aliphatic hydroxyl groups is 1. The van der Waals surface area contributed by atoms with Gasteiger partial charge in [0.2, 0.25) is 5.91 Å². The van der Waals surface area contributed by atoms with Crippen molar-refractivity contribution >= 4 is 11.9 Å². The van der Waals surface area contributed by atoms with Crippen molar-refractivity contribution in [3.8, 4) is 0 Å². The molecule has 1 aromatic rings. The molecule has 1 saturated heterocycles. The van der Waals surface area contributed by atoms with E-state index < -0.39 is 11.7 Å². The first-order valence-corrected chi connectivity index (χ1v) is 11.2. The van der Waals surface area contributed by atoms with Gasteiger partial charge in [0, 0.05) is 19.4 Å². The summed E-state index contributed by atoms with van der Waals surface area (Å²) in [6.07, 6.45) is 2.56. The molecular weight excluding hydrogens is 423 g/mol. The molecule has 0 saturated carbocycles. The standard InChI is InChI=1S/C24H32F3NO4/c1-2-32-23(31)13-5-3-4-6-16-28-20(14-15-22(28)30)21(29)12-8-10-18-9-7-11-19(17-18)24(25,26)27/h7,9,11-12,17,20,29H,2-6,8,10,13-16H2,1H3/b21-12-. The van der Waals surface area contributed by atoms with Gasteiger partial charge < -0.3 is 14.7 Å². The predicted octanol–water partition coefficient (Wildman–Crippen LogP) is 5.58. The number of benzene rings is 1. The highest BCUT2D eigenvalue weighted by Crippen LogP contribution is 2.30. The molecular formula is C24H32F3NO4. The molecule has 178 valence electrons. The Kier molecular flexibility index (Phi) is 10.1. The Morgan fingerprint density at radius 1 is 1.25 bits per heavy atom. The second-order valence-corrected chi connectivity index (χ2v) is 7.98. The molecule has 1 N–H and O–H groups in total. The van der Waals surface area contributed by atoms with Crippen LogP contribution in [-0.2, 0) is 26.9 Å². The molecule has 0 aromatic heterocycles. The third-order valence-electron chi connectivity index (χ3n) is 5.55. The number of carbonyl (C=O) groups excluding carboxylic acids is 2. The zero-order valence-corrected chi connectivity index (χ0v) is 18.5. The van der Waals surface area contributed by atoms with Crippen molar-refractivity contribution in [2.24, 2.45) is 0 Å². The van der Waals surface area contributed by atoms with Crippen LogP contribution < -0.4 is 0 Å². The minimum atomic E-state index is -4.38. The molecule has 1 amide bonds. The lowest BCUT2D eigenvalue weighted by atomic mass is 10.0. The van der Waals surface area contributed by atoms with Crippen molar-refractivity contribution in [3.63, 3.8) is 0 Å². The van der Waals surface area contributed by atoms with E-state index in [-0.39, 0.29) is 23.7 Å². The minimum absolute atomic E-state index is 0.000600. The van der Waals surface area contributed by atoms with Crippen LogP contribution in [0, 0.1) is 0 Å². The fourth-order valence-corrected chi connectivity index (χ4v) is 3.89. The molecule has 1 aliphatic heterocycles. The topological polar surface area (TPSA) is 66.8 Å². The first-order chi connectivity index (χ1) is 15.2. The summed E-state index contributed by atoms with van der Waals surface area (Å²) in [4.78, 5) is 25.2. The Bertz CT molecular complexity index is 792. The number of esters is 1. The summed E-state index contributed by atoms with van der Waals surface area (Å²) in [5.41, 5.74) is -0.135. The number of allylic oxidation sites excluding steroid dienone is 1. The fourth-order valence-electron chi connectivity index (χ4n) is 3.89. The van der Waals surface area contributed by atoms with E-state index in [2.05, 4.69) is 0 Å². The summed E-state index contributed by atoms with van der Waals surface area (Å²) in [7, 11) is 0. The van der Waals surface area contributed by atoms with Crippen LogP contribution in [0.3, 0.4) is 0 Å². The zero-order chi connectivity index (χ0) is 23.6. The molecule has 2 rings (SSSR count). The lowest BCUT2D eigenvalue weighted by Gasteiger charge is -2.24. The third-order valence-corrected chi connectivity index (χ3v) is 5.55. The monoisotopic (exact) mass is 455 g/mol. The number of aliphatic hydroxyl groups excluding tert-OH is 1. The Labute approximate surface area is 187 Å². The first kappa shape index (κ1) is 25.7. The highest BCUT2D eigenvalue weighted by Gasteiger charge is 2.33. The molecule has 8 heteroatoms. The number of hydrogen-bond donors (Lipinski definition) is 1. The molecule has 0 radical (unpaired) electrons. The summed E-state index contributed by atoms with van der Waals surface area (Å²) in [5.74, 6) is -0.0908. The van der Waals surface area contributed by atoms with Gasteiger partial charge in [-0.25, -0.2) is 0 Å². The van der Waals surface area contributed by atoms with E-state index >= 15 is 0 Å². The Balaban J connectivity index is 1.79. The van der Waals surface area contributed by atoms with Gasteiger partial charge in [0.05, 0.1) is 18.2 Å². The predicted molar refractivity (Wildman–Crippen MR) is 115 cm³/mol. The summed E-state index contributed by atoms with van der Waals surface area (Å²) in [5, 5.41) is 10.5. The van der Waals surface area contributed by atoms with Crippen LogP contribution in [0.4, 0.5) is 13.2 Å². The molecule has 0 aliphatic carbocycles. The number of ether oxygens (including phenoxy) is 1. The van der Waals surface area contributed by atoms with Crippen molar-refractivity contribution in [3.05, 3.63) is 47.2 Å². The third kappa shape index (κ3) is 8.20. The maximum Gasteiger partial charge on any atom is 0.416 e. The number of nitrogens with zero attached hydrogens (tertiary/aromatic N) is 1. The second kappa shape index (κ2) is 12.5. The largest absolute Gasteiger partial charge is 0.510 e. The number of alkyl halides is 3. The van der Waals surface area contributed by atoms with Gasteiger partial charge in [0.15, 0.2) is 0 Å². The van der Waals surface area contributed by atoms with E-state index in [1.807, 2.05) is 0 Å². The number of amides is 1. The average Bonchev–Trinajstić information content (AvgIpc) is 3.11. The molecule has 0 spiro atoms. The summed E-state index contributed by atoms with van der Waals surface area (Å²) in [6, 6.07) is 4.80. The molecule has 1 atom stereocenters. The van der Waals surface area contributed by atoms with Gasteiger partial charge in [-0.05, 0) is 56.7 Å². The molecule has 1 aliphatic rings. The van der Waals surface area contributed by atoms with Gasteiger partial charge in [-0.2, -0.15) is 13.2 Å². The molecule has 32 heavy (non-hydrogen) atoms. The van der Waals surface area contributed by atoms with Crippen LogP contribution in [0.5, 0.6) is 0 Å². The van der Waals surface area contributed by atoms with Gasteiger partial charge in [-0.15, -0.1) is 0 Å². The van der Waals surface area contributed by atoms with Crippen molar-refractivity contribution in [1.29, 1.82) is 0 Å². The zero-order valence-electron chi connectivity index (χ0n) is 18.5. The van der Waals surface area contributed by atoms with Crippen molar-refractivity contribution < 1.29 is 32.6 Å². The normalized spacial score (nSPS) is 17.1. The van der Waals surface area contributed by atoms with Crippen LogP contribution in [-0.4, -0.2) is 41.1 Å². The van der Waals surface area contributed by atoms with Crippen molar-refractivity contribution in [1.82, 2.24) is 4.90 Å². The van der Waals surface area contributed by atoms with Gasteiger partial charge in [-0.3, -0.25) is 9.59 Å². The summed E-state index contributed by atoms with van der Waals surface area (Å²) < 4.78 is 43.4. The first-order valence-electron chi connectivity index (χ1n) is 11.2. The maximum atomic E-state index is 12.8. The van der Waals surface area contributed by atoms with Gasteiger partial charge in [0.25, 0.3) is 0 Å². The van der Waals surface area contributed by atoms with Crippen LogP contribution >= 0.6 is 0 Å². The number of aryl methyl sites for hydroxylation is 1. The van der Waals surface area contributed by atoms with Crippen molar-refractivity contribution in [2.75, 3.05) is 13.2 Å². The number of unbranched alkanes of at least 4 members (excludes halogenated alkanes) is 3. The molecule has 1 fully saturated rings. The summed E-state index contributed by atoms with van der Waals surface area (Å²) in [6.45, 7) is 2.69. The number of rotatable bonds is 12. The highest BCUT2D eigenvalue weighted by molar-refractivity contribution is 5.79. The highest BCUT2D eigenvalue weighted by atomic mass is 19.4. The van der Waals surface area contributed by atoms with Crippen molar-refractivity contribution in [2.45, 2.75) is 76.9 Å². The van der Waals surface area contributed by atoms with Gasteiger partial charge >= 0.3 is 12.1 Å². The number of likely N-dealkylation sites (tertiary alicyclic amines) is 1. The van der Waals surface area contributed by atoms with Gasteiger partial charge in [-0.1, -0.05) is 31.0 Å². The molecule has 1 heterocycles. The molecule has 1 aromatic carbocycles. The second-order valence-electron chi connectivity index (χ2n) is 7.98. The number of carbonyl (C=O) groups is 2. The Morgan fingerprint density at radius 3 is 2.72 bits per heavy atom. The molecule has 0 bridgehead atoms. The van der Waals surface area contributed by atoms with E-state index in [4.69, 9.17) is 4.74 Å². The van der Waals surface area contributed by atoms with Crippen LogP contribution in [0.25, 0.3) is 0 Å². The van der Waals surface area contributed by atoms with E-state index in [0.717, 1.165) is 37.8 Å². The average molecular weight is 456 g/mol. The number of halogens is 3. The lowest BCUT2D eigenvalue weighted by molar-refractivity contribution is -0.143. The lowest BCUT2D eigenvalue weighted by Crippen LogP contribution is -2.35. The van der Waals surface area contributed by atoms with E-state index in [0.29, 0.717) is 50.8 Å². The molecule has 1 unspecified atom stereocenters. The summed E-state index contributed by atoms with van der Waals surface area (Å²) >= 11 is 0. The number of hydrogen-bond acceptors (Lipinski definition) is 4. The van der Waals surface area contributed by atoms with E-state index in [9.17, 15) is 27.9 Å². The quantitative estimate of drug-likeness (QED) is 0.254. The van der Waals surface area contributed by atoms with Crippen LogP contribution in [0.2, 0.25) is 0 Å². The molecule has 5 nitrogen and oxygen atoms in total. The minimum Gasteiger partial charge on any atom is -0.510 e. The Hall–Kier alpha value is -2.51. The fraction of sp³-hybridized carbons (Fsp3) is 0.583. The van der Waals surface area contributed by atoms with E-state index in [1.165, 1.54) is 6.07 Å². The van der Waals surface area contributed by atoms with E-state index in [1.54, 1.807) is 24.0 Å². The van der Waals surface area contributed by atoms with Crippen LogP contribution in [0.15, 0.2) is 36.1 Å². The van der Waals surface area contributed by atoms with Crippen LogP contribution in [0.1, 0.15) is 69.4 Å². The maximum absolute atomic E-state index is 12.8. The smallest absolute Gasteiger partial charge is 0.416 e. The SMILES string of the molecule is CCOC(=O)CCCCCCN1C(=O)CCC1/C(O)=C/CCc1cccc(C(F)(F)F)c1. The van der Waals surface area contributed by atoms with Gasteiger partial charge in [0.1, 0.15) is 5.76 Å². The Morgan fingerprint density at radius 2 is 2.00 bits per heavy atom.